The van der Waals surface area contributed by atoms with Gasteiger partial charge in [-0.15, -0.1) is 0 Å². The first-order chi connectivity index (χ1) is 12.8. The second-order valence-electron chi connectivity index (χ2n) is 7.77. The third-order valence-corrected chi connectivity index (χ3v) is 7.19. The average molecular weight is 494 g/mol. The molecule has 1 fully saturated rings. The van der Waals surface area contributed by atoms with Crippen LogP contribution >= 0.6 is 31.9 Å². The van der Waals surface area contributed by atoms with Gasteiger partial charge in [-0.3, -0.25) is 4.79 Å². The van der Waals surface area contributed by atoms with E-state index in [1.54, 1.807) is 0 Å². The van der Waals surface area contributed by atoms with Crippen molar-refractivity contribution in [2.75, 3.05) is 17.3 Å². The molecule has 2 atom stereocenters. The molecule has 0 aromatic rings. The molecule has 2 radical (unpaired) electrons. The van der Waals surface area contributed by atoms with Crippen molar-refractivity contribution in [2.24, 2.45) is 11.8 Å². The molecule has 0 amide bonds. The highest BCUT2D eigenvalue weighted by molar-refractivity contribution is 9.09. The lowest BCUT2D eigenvalue weighted by Crippen LogP contribution is -2.17. The lowest BCUT2D eigenvalue weighted by atomic mass is 9.94. The van der Waals surface area contributed by atoms with Gasteiger partial charge in [-0.25, -0.2) is 0 Å². The summed E-state index contributed by atoms with van der Waals surface area (Å²) in [5.74, 6) is 0.774. The zero-order valence-corrected chi connectivity index (χ0v) is 19.6. The largest absolute Gasteiger partial charge is 0.378 e. The Bertz CT molecular complexity index is 319. The van der Waals surface area contributed by atoms with Gasteiger partial charge in [-0.1, -0.05) is 70.4 Å². The lowest BCUT2D eigenvalue weighted by Gasteiger charge is -2.21. The van der Waals surface area contributed by atoms with Crippen molar-refractivity contribution in [3.63, 3.8) is 0 Å². The Morgan fingerprint density at radius 1 is 0.885 bits per heavy atom. The molecule has 26 heavy (non-hydrogen) atoms. The van der Waals surface area contributed by atoms with Crippen molar-refractivity contribution in [2.45, 2.75) is 96.0 Å². The summed E-state index contributed by atoms with van der Waals surface area (Å²) >= 11 is 7.02. The number of hydrogen-bond acceptors (Lipinski definition) is 2. The Labute approximate surface area is 178 Å². The highest BCUT2D eigenvalue weighted by atomic mass is 79.9. The van der Waals surface area contributed by atoms with Crippen molar-refractivity contribution in [1.29, 1.82) is 0 Å². The Morgan fingerprint density at radius 3 is 2.15 bits per heavy atom. The van der Waals surface area contributed by atoms with E-state index in [1.165, 1.54) is 77.0 Å². The molecule has 0 bridgehead atoms. The summed E-state index contributed by atoms with van der Waals surface area (Å²) in [6.07, 6.45) is 22.7. The van der Waals surface area contributed by atoms with Gasteiger partial charge >= 0.3 is 0 Å². The van der Waals surface area contributed by atoms with E-state index in [1.807, 2.05) is 0 Å². The van der Waals surface area contributed by atoms with Crippen LogP contribution < -0.4 is 0 Å². The molecular weight excluding hydrogens is 456 g/mol. The van der Waals surface area contributed by atoms with Gasteiger partial charge in [0.2, 0.25) is 6.29 Å². The van der Waals surface area contributed by atoms with Crippen LogP contribution in [0.25, 0.3) is 0 Å². The SMILES string of the molecule is O=[C]C(CBr)CCC(CBr)CCCCCCCCCOC1CC[CH]CC1. The summed E-state index contributed by atoms with van der Waals surface area (Å²) < 4.78 is 5.97. The van der Waals surface area contributed by atoms with E-state index in [0.29, 0.717) is 12.0 Å². The topological polar surface area (TPSA) is 26.3 Å². The molecule has 0 aliphatic heterocycles. The quantitative estimate of drug-likeness (QED) is 0.158. The average Bonchev–Trinajstić information content (AvgIpc) is 2.69. The van der Waals surface area contributed by atoms with Gasteiger partial charge in [0.1, 0.15) is 0 Å². The third kappa shape index (κ3) is 12.9. The van der Waals surface area contributed by atoms with Crippen molar-refractivity contribution in [3.05, 3.63) is 6.42 Å². The minimum Gasteiger partial charge on any atom is -0.378 e. The maximum absolute atomic E-state index is 10.8. The summed E-state index contributed by atoms with van der Waals surface area (Å²) in [6, 6.07) is 0. The molecule has 0 heterocycles. The van der Waals surface area contributed by atoms with Crippen molar-refractivity contribution in [1.82, 2.24) is 0 Å². The summed E-state index contributed by atoms with van der Waals surface area (Å²) in [7, 11) is 0. The third-order valence-electron chi connectivity index (χ3n) is 5.49. The molecule has 0 aromatic carbocycles. The van der Waals surface area contributed by atoms with Crippen molar-refractivity contribution >= 4 is 38.1 Å². The van der Waals surface area contributed by atoms with E-state index in [4.69, 9.17) is 4.74 Å². The van der Waals surface area contributed by atoms with Gasteiger partial charge in [-0.2, -0.15) is 0 Å². The highest BCUT2D eigenvalue weighted by Gasteiger charge is 2.13. The lowest BCUT2D eigenvalue weighted by molar-refractivity contribution is 0.0326. The molecule has 1 aliphatic rings. The van der Waals surface area contributed by atoms with Crippen LogP contribution in [0, 0.1) is 18.3 Å². The standard InChI is InChI=1S/C22H38Br2O2/c23-17-20(14-15-21(18-24)19-25)11-7-4-2-1-3-5-10-16-26-22-12-8-6-9-13-22/h6,20-22H,1-5,7-18H2. The van der Waals surface area contributed by atoms with Crippen LogP contribution in [0.15, 0.2) is 0 Å². The van der Waals surface area contributed by atoms with Crippen LogP contribution in [0.3, 0.4) is 0 Å². The number of hydrogen-bond donors (Lipinski definition) is 0. The number of halogens is 2. The summed E-state index contributed by atoms with van der Waals surface area (Å²) in [5.41, 5.74) is 0. The van der Waals surface area contributed by atoms with Crippen LogP contribution in [-0.4, -0.2) is 29.7 Å². The zero-order chi connectivity index (χ0) is 18.9. The summed E-state index contributed by atoms with van der Waals surface area (Å²) in [6.45, 7) is 0.963. The van der Waals surface area contributed by atoms with E-state index in [9.17, 15) is 4.79 Å². The molecule has 0 saturated heterocycles. The van der Waals surface area contributed by atoms with Crippen LogP contribution in [0.2, 0.25) is 0 Å². The first kappa shape index (κ1) is 24.6. The molecule has 0 aromatic heterocycles. The summed E-state index contributed by atoms with van der Waals surface area (Å²) in [4.78, 5) is 10.8. The maximum Gasteiger partial charge on any atom is 0.202 e. The first-order valence-corrected chi connectivity index (χ1v) is 13.0. The van der Waals surface area contributed by atoms with Crippen molar-refractivity contribution in [3.8, 4) is 0 Å². The van der Waals surface area contributed by atoms with Gasteiger partial charge in [0.15, 0.2) is 0 Å². The van der Waals surface area contributed by atoms with Gasteiger partial charge in [0.05, 0.1) is 6.10 Å². The predicted octanol–water partition coefficient (Wildman–Crippen LogP) is 7.18. The second kappa shape index (κ2) is 17.7. The highest BCUT2D eigenvalue weighted by Crippen LogP contribution is 2.22. The predicted molar refractivity (Wildman–Crippen MR) is 119 cm³/mol. The molecule has 0 N–H and O–H groups in total. The molecule has 2 unspecified atom stereocenters. The molecule has 0 spiro atoms. The molecule has 2 nitrogen and oxygen atoms in total. The molecule has 1 rings (SSSR count). The fraction of sp³-hybridized carbons (Fsp3) is 0.909. The Morgan fingerprint density at radius 2 is 1.54 bits per heavy atom. The minimum atomic E-state index is 0.0666. The maximum atomic E-state index is 10.8. The Kier molecular flexibility index (Phi) is 16.7. The first-order valence-electron chi connectivity index (χ1n) is 10.7. The van der Waals surface area contributed by atoms with Gasteiger partial charge in [0, 0.05) is 23.2 Å². The van der Waals surface area contributed by atoms with Gasteiger partial charge < -0.3 is 4.74 Å². The Hall–Kier alpha value is 0.590. The zero-order valence-electron chi connectivity index (χ0n) is 16.4. The second-order valence-corrected chi connectivity index (χ2v) is 9.06. The van der Waals surface area contributed by atoms with Crippen LogP contribution in [0.1, 0.15) is 89.9 Å². The molecule has 4 heteroatoms. The van der Waals surface area contributed by atoms with Gasteiger partial charge in [-0.05, 0) is 63.7 Å². The normalized spacial score (nSPS) is 17.9. The molecule has 152 valence electrons. The molecule has 1 saturated carbocycles. The van der Waals surface area contributed by atoms with Crippen LogP contribution in [0.5, 0.6) is 0 Å². The number of carbonyl (C=O) groups excluding carboxylic acids is 1. The summed E-state index contributed by atoms with van der Waals surface area (Å²) in [5, 5.41) is 1.80. The minimum absolute atomic E-state index is 0.0666. The molecule has 1 aliphatic carbocycles. The fourth-order valence-electron chi connectivity index (χ4n) is 3.63. The van der Waals surface area contributed by atoms with Crippen LogP contribution in [0.4, 0.5) is 0 Å². The fourth-order valence-corrected chi connectivity index (χ4v) is 4.74. The van der Waals surface area contributed by atoms with E-state index in [2.05, 4.69) is 44.6 Å². The number of alkyl halides is 2. The van der Waals surface area contributed by atoms with E-state index in [-0.39, 0.29) is 5.92 Å². The number of rotatable bonds is 17. The monoisotopic (exact) mass is 492 g/mol. The number of ether oxygens (including phenoxy) is 1. The van der Waals surface area contributed by atoms with Crippen LogP contribution in [-0.2, 0) is 9.53 Å². The number of unbranched alkanes of at least 4 members (excludes halogenated alkanes) is 6. The smallest absolute Gasteiger partial charge is 0.202 e. The van der Waals surface area contributed by atoms with E-state index < -0.39 is 0 Å². The Balaban J connectivity index is 1.86. The van der Waals surface area contributed by atoms with Gasteiger partial charge in [0.25, 0.3) is 0 Å². The van der Waals surface area contributed by atoms with E-state index in [0.717, 1.165) is 30.1 Å². The molecular formula is C22H38Br2O2. The van der Waals surface area contributed by atoms with Crippen molar-refractivity contribution < 1.29 is 9.53 Å². The van der Waals surface area contributed by atoms with E-state index >= 15 is 0 Å².